The van der Waals surface area contributed by atoms with Crippen LogP contribution in [0.15, 0.2) is 0 Å². The van der Waals surface area contributed by atoms with E-state index in [0.717, 1.165) is 31.1 Å². The van der Waals surface area contributed by atoms with Crippen LogP contribution >= 0.6 is 11.8 Å². The lowest BCUT2D eigenvalue weighted by atomic mass is 10.1. The number of rotatable bonds is 5. The molecule has 0 saturated carbocycles. The first-order valence-electron chi connectivity index (χ1n) is 6.71. The van der Waals surface area contributed by atoms with Crippen molar-refractivity contribution in [2.24, 2.45) is 0 Å². The molecule has 0 aromatic carbocycles. The van der Waals surface area contributed by atoms with Gasteiger partial charge in [-0.2, -0.15) is 11.8 Å². The van der Waals surface area contributed by atoms with Gasteiger partial charge in [-0.05, 0) is 26.1 Å². The Hall–Kier alpha value is -0.220. The molecule has 1 aliphatic heterocycles. The van der Waals surface area contributed by atoms with Crippen molar-refractivity contribution in [2.45, 2.75) is 46.2 Å². The van der Waals surface area contributed by atoms with Crippen molar-refractivity contribution in [3.63, 3.8) is 0 Å². The van der Waals surface area contributed by atoms with E-state index in [1.54, 1.807) is 0 Å². The molecule has 17 heavy (non-hydrogen) atoms. The van der Waals surface area contributed by atoms with Crippen molar-refractivity contribution < 1.29 is 4.79 Å². The fraction of sp³-hybridized carbons (Fsp3) is 0.923. The van der Waals surface area contributed by atoms with Gasteiger partial charge in [0.25, 0.3) is 0 Å². The third-order valence-electron chi connectivity index (χ3n) is 3.51. The zero-order chi connectivity index (χ0) is 12.8. The zero-order valence-corrected chi connectivity index (χ0v) is 12.4. The molecule has 2 atom stereocenters. The Kier molecular flexibility index (Phi) is 6.34. The summed E-state index contributed by atoms with van der Waals surface area (Å²) in [5, 5.41) is 0. The maximum atomic E-state index is 12.1. The van der Waals surface area contributed by atoms with E-state index in [0.29, 0.717) is 24.4 Å². The predicted octanol–water partition coefficient (Wildman–Crippen LogP) is 2.07. The summed E-state index contributed by atoms with van der Waals surface area (Å²) < 4.78 is 0. The number of amides is 1. The van der Waals surface area contributed by atoms with Crippen LogP contribution in [0.3, 0.4) is 0 Å². The van der Waals surface area contributed by atoms with Gasteiger partial charge in [0.15, 0.2) is 0 Å². The molecule has 1 fully saturated rings. The van der Waals surface area contributed by atoms with Gasteiger partial charge in [0.05, 0.1) is 0 Å². The number of carbonyl (C=O) groups is 1. The van der Waals surface area contributed by atoms with Crippen LogP contribution in [0, 0.1) is 0 Å². The van der Waals surface area contributed by atoms with Crippen LogP contribution in [-0.2, 0) is 4.79 Å². The summed E-state index contributed by atoms with van der Waals surface area (Å²) in [7, 11) is 0. The van der Waals surface area contributed by atoms with E-state index in [-0.39, 0.29) is 0 Å². The summed E-state index contributed by atoms with van der Waals surface area (Å²) in [5.41, 5.74) is 0. The molecule has 4 heteroatoms. The Morgan fingerprint density at radius 2 is 1.94 bits per heavy atom. The Morgan fingerprint density at radius 3 is 2.53 bits per heavy atom. The predicted molar refractivity (Wildman–Crippen MR) is 75.5 cm³/mol. The summed E-state index contributed by atoms with van der Waals surface area (Å²) in [6.45, 7) is 11.7. The Labute approximate surface area is 110 Å². The number of piperazine rings is 1. The molecule has 0 N–H and O–H groups in total. The third kappa shape index (κ3) is 4.18. The number of carbonyl (C=O) groups excluding carboxylic acids is 1. The van der Waals surface area contributed by atoms with Crippen molar-refractivity contribution in [2.75, 3.05) is 31.1 Å². The first-order valence-corrected chi connectivity index (χ1v) is 7.86. The van der Waals surface area contributed by atoms with E-state index in [1.807, 2.05) is 11.8 Å². The first kappa shape index (κ1) is 14.8. The minimum absolute atomic E-state index is 0.334. The lowest BCUT2D eigenvalue weighted by Crippen LogP contribution is -2.57. The monoisotopic (exact) mass is 258 g/mol. The molecule has 1 saturated heterocycles. The quantitative estimate of drug-likeness (QED) is 0.705. The van der Waals surface area contributed by atoms with E-state index >= 15 is 0 Å². The van der Waals surface area contributed by atoms with Crippen molar-refractivity contribution >= 4 is 17.7 Å². The topological polar surface area (TPSA) is 23.6 Å². The third-order valence-corrected chi connectivity index (χ3v) is 4.41. The van der Waals surface area contributed by atoms with Gasteiger partial charge in [0.1, 0.15) is 0 Å². The van der Waals surface area contributed by atoms with Gasteiger partial charge in [-0.25, -0.2) is 0 Å². The number of nitrogens with zero attached hydrogens (tertiary/aromatic N) is 2. The van der Waals surface area contributed by atoms with Gasteiger partial charge in [-0.15, -0.1) is 0 Å². The summed E-state index contributed by atoms with van der Waals surface area (Å²) in [6.07, 6.45) is 0.696. The molecule has 0 aromatic rings. The molecule has 0 unspecified atom stereocenters. The Balaban J connectivity index is 2.45. The molecule has 1 amide bonds. The van der Waals surface area contributed by atoms with Crippen LogP contribution in [-0.4, -0.2) is 58.9 Å². The molecule has 0 bridgehead atoms. The second kappa shape index (κ2) is 7.27. The van der Waals surface area contributed by atoms with Crippen molar-refractivity contribution in [1.82, 2.24) is 9.80 Å². The van der Waals surface area contributed by atoms with E-state index in [1.165, 1.54) is 0 Å². The molecular weight excluding hydrogens is 232 g/mol. The number of hydrogen-bond donors (Lipinski definition) is 0. The fourth-order valence-electron chi connectivity index (χ4n) is 2.43. The molecule has 0 aromatic heterocycles. The van der Waals surface area contributed by atoms with Crippen LogP contribution in [0.4, 0.5) is 0 Å². The molecule has 0 radical (unpaired) electrons. The molecule has 1 rings (SSSR count). The van der Waals surface area contributed by atoms with Gasteiger partial charge in [-0.1, -0.05) is 13.8 Å². The maximum absolute atomic E-state index is 12.1. The number of hydrogen-bond acceptors (Lipinski definition) is 3. The number of thioether (sulfide) groups is 1. The SMILES string of the molecule is CCSCCC(=O)N1C[C@@H](C)N(CC)C[C@@H]1C. The highest BCUT2D eigenvalue weighted by atomic mass is 32.2. The number of likely N-dealkylation sites (N-methyl/N-ethyl adjacent to an activating group) is 1. The largest absolute Gasteiger partial charge is 0.337 e. The molecule has 1 aliphatic rings. The lowest BCUT2D eigenvalue weighted by Gasteiger charge is -2.43. The highest BCUT2D eigenvalue weighted by Gasteiger charge is 2.30. The standard InChI is InChI=1S/C13H26N2OS/c1-5-14-9-12(4)15(10-11(14)3)13(16)7-8-17-6-2/h11-12H,5-10H2,1-4H3/t11-,12+/m1/s1. The van der Waals surface area contributed by atoms with E-state index in [2.05, 4.69) is 37.5 Å². The fourth-order valence-corrected chi connectivity index (χ4v) is 3.04. The molecule has 0 aliphatic carbocycles. The van der Waals surface area contributed by atoms with E-state index < -0.39 is 0 Å². The average molecular weight is 258 g/mol. The smallest absolute Gasteiger partial charge is 0.223 e. The summed E-state index contributed by atoms with van der Waals surface area (Å²) in [4.78, 5) is 16.6. The normalized spacial score (nSPS) is 26.2. The second-order valence-corrected chi connectivity index (χ2v) is 6.17. The minimum Gasteiger partial charge on any atom is -0.337 e. The van der Waals surface area contributed by atoms with Gasteiger partial charge in [-0.3, -0.25) is 9.69 Å². The van der Waals surface area contributed by atoms with Crippen molar-refractivity contribution in [3.05, 3.63) is 0 Å². The van der Waals surface area contributed by atoms with Crippen molar-refractivity contribution in [3.8, 4) is 0 Å². The summed E-state index contributed by atoms with van der Waals surface area (Å²) in [6, 6.07) is 0.865. The van der Waals surface area contributed by atoms with Crippen LogP contribution < -0.4 is 0 Å². The maximum Gasteiger partial charge on any atom is 0.223 e. The minimum atomic E-state index is 0.334. The second-order valence-electron chi connectivity index (χ2n) is 4.78. The Bertz CT molecular complexity index is 248. The molecule has 1 heterocycles. The first-order chi connectivity index (χ1) is 8.10. The van der Waals surface area contributed by atoms with Crippen LogP contribution in [0.1, 0.15) is 34.1 Å². The molecule has 3 nitrogen and oxygen atoms in total. The Morgan fingerprint density at radius 1 is 1.24 bits per heavy atom. The van der Waals surface area contributed by atoms with Gasteiger partial charge < -0.3 is 4.90 Å². The highest BCUT2D eigenvalue weighted by Crippen LogP contribution is 2.16. The average Bonchev–Trinajstić information content (AvgIpc) is 2.31. The highest BCUT2D eigenvalue weighted by molar-refractivity contribution is 7.99. The van der Waals surface area contributed by atoms with Crippen LogP contribution in [0.5, 0.6) is 0 Å². The van der Waals surface area contributed by atoms with Gasteiger partial charge in [0.2, 0.25) is 5.91 Å². The summed E-state index contributed by atoms with van der Waals surface area (Å²) in [5.74, 6) is 2.40. The van der Waals surface area contributed by atoms with Gasteiger partial charge >= 0.3 is 0 Å². The lowest BCUT2D eigenvalue weighted by molar-refractivity contribution is -0.136. The molecular formula is C13H26N2OS. The van der Waals surface area contributed by atoms with Crippen LogP contribution in [0.25, 0.3) is 0 Å². The zero-order valence-electron chi connectivity index (χ0n) is 11.6. The molecule has 100 valence electrons. The van der Waals surface area contributed by atoms with Gasteiger partial charge in [0, 0.05) is 37.3 Å². The molecule has 0 spiro atoms. The summed E-state index contributed by atoms with van der Waals surface area (Å²) >= 11 is 1.85. The van der Waals surface area contributed by atoms with E-state index in [4.69, 9.17) is 0 Å². The van der Waals surface area contributed by atoms with Crippen LogP contribution in [0.2, 0.25) is 0 Å². The van der Waals surface area contributed by atoms with E-state index in [9.17, 15) is 4.79 Å². The van der Waals surface area contributed by atoms with Crippen molar-refractivity contribution in [1.29, 1.82) is 0 Å².